The van der Waals surface area contributed by atoms with Crippen LogP contribution in [0.25, 0.3) is 0 Å². The fourth-order valence-corrected chi connectivity index (χ4v) is 2.32. The first kappa shape index (κ1) is 16.6. The molecule has 1 amide bonds. The summed E-state index contributed by atoms with van der Waals surface area (Å²) in [6.45, 7) is 2.26. The molecule has 2 N–H and O–H groups in total. The number of hydrogen-bond acceptors (Lipinski definition) is 5. The Kier molecular flexibility index (Phi) is 5.03. The Morgan fingerprint density at radius 3 is 2.84 bits per heavy atom. The van der Waals surface area contributed by atoms with Crippen LogP contribution in [-0.4, -0.2) is 22.6 Å². The SMILES string of the molecule is Cc1cc(NC(=O)c2cncc(NCCc3ccccc3F)c2)no1. The predicted octanol–water partition coefficient (Wildman–Crippen LogP) is 3.42. The standard InChI is InChI=1S/C18H17FN4O2/c1-12-8-17(23-25-12)22-18(24)14-9-15(11-20-10-14)21-7-6-13-4-2-3-5-16(13)19/h2-5,8-11,21H,6-7H2,1H3,(H,22,23,24). The normalized spacial score (nSPS) is 10.5. The molecule has 0 spiro atoms. The molecule has 0 fully saturated rings. The number of benzene rings is 1. The Bertz CT molecular complexity index is 879. The van der Waals surface area contributed by atoms with Crippen LogP contribution in [-0.2, 0) is 6.42 Å². The van der Waals surface area contributed by atoms with E-state index in [4.69, 9.17) is 4.52 Å². The summed E-state index contributed by atoms with van der Waals surface area (Å²) in [5.41, 5.74) is 1.70. The smallest absolute Gasteiger partial charge is 0.258 e. The minimum absolute atomic E-state index is 0.224. The zero-order valence-corrected chi connectivity index (χ0v) is 13.6. The van der Waals surface area contributed by atoms with Crippen LogP contribution in [0.1, 0.15) is 21.7 Å². The third kappa shape index (κ3) is 4.41. The van der Waals surface area contributed by atoms with Crippen molar-refractivity contribution < 1.29 is 13.7 Å². The Hall–Kier alpha value is -3.22. The fraction of sp³-hybridized carbons (Fsp3) is 0.167. The van der Waals surface area contributed by atoms with Crippen LogP contribution in [0.4, 0.5) is 15.9 Å². The summed E-state index contributed by atoms with van der Waals surface area (Å²) in [7, 11) is 0. The van der Waals surface area contributed by atoms with Crippen LogP contribution in [0, 0.1) is 12.7 Å². The molecule has 0 atom stereocenters. The van der Waals surface area contributed by atoms with Gasteiger partial charge in [0.15, 0.2) is 5.82 Å². The maximum Gasteiger partial charge on any atom is 0.258 e. The maximum absolute atomic E-state index is 13.6. The first-order valence-corrected chi connectivity index (χ1v) is 7.79. The van der Waals surface area contributed by atoms with Gasteiger partial charge in [0.2, 0.25) is 0 Å². The van der Waals surface area contributed by atoms with E-state index in [2.05, 4.69) is 20.8 Å². The van der Waals surface area contributed by atoms with Crippen LogP contribution in [0.2, 0.25) is 0 Å². The van der Waals surface area contributed by atoms with Crippen molar-refractivity contribution in [2.75, 3.05) is 17.2 Å². The zero-order valence-electron chi connectivity index (χ0n) is 13.6. The number of nitrogens with one attached hydrogen (secondary N) is 2. The number of hydrogen-bond donors (Lipinski definition) is 2. The first-order valence-electron chi connectivity index (χ1n) is 7.79. The van der Waals surface area contributed by atoms with Gasteiger partial charge < -0.3 is 15.2 Å². The molecule has 7 heteroatoms. The van der Waals surface area contributed by atoms with E-state index in [0.717, 1.165) is 0 Å². The molecule has 0 unspecified atom stereocenters. The number of halogens is 1. The van der Waals surface area contributed by atoms with Gasteiger partial charge in [-0.15, -0.1) is 0 Å². The lowest BCUT2D eigenvalue weighted by Crippen LogP contribution is -2.13. The van der Waals surface area contributed by atoms with Gasteiger partial charge in [-0.1, -0.05) is 23.4 Å². The van der Waals surface area contributed by atoms with Gasteiger partial charge in [0.25, 0.3) is 5.91 Å². The van der Waals surface area contributed by atoms with Crippen molar-refractivity contribution in [1.82, 2.24) is 10.1 Å². The van der Waals surface area contributed by atoms with Crippen LogP contribution >= 0.6 is 0 Å². The molecule has 25 heavy (non-hydrogen) atoms. The van der Waals surface area contributed by atoms with E-state index in [1.165, 1.54) is 12.3 Å². The molecular weight excluding hydrogens is 323 g/mol. The Balaban J connectivity index is 1.59. The van der Waals surface area contributed by atoms with Crippen LogP contribution in [0.15, 0.2) is 53.3 Å². The van der Waals surface area contributed by atoms with Gasteiger partial charge in [0, 0.05) is 25.0 Å². The van der Waals surface area contributed by atoms with Gasteiger partial charge in [0.1, 0.15) is 11.6 Å². The number of rotatable bonds is 6. The molecule has 1 aromatic carbocycles. The molecule has 0 bridgehead atoms. The van der Waals surface area contributed by atoms with Gasteiger partial charge in [-0.3, -0.25) is 9.78 Å². The minimum Gasteiger partial charge on any atom is -0.383 e. The number of carbonyl (C=O) groups is 1. The molecule has 128 valence electrons. The lowest BCUT2D eigenvalue weighted by Gasteiger charge is -2.08. The molecule has 0 saturated carbocycles. The van der Waals surface area contributed by atoms with Gasteiger partial charge in [-0.05, 0) is 31.0 Å². The van der Waals surface area contributed by atoms with E-state index in [1.54, 1.807) is 43.5 Å². The highest BCUT2D eigenvalue weighted by Gasteiger charge is 2.10. The number of pyridine rings is 1. The van der Waals surface area contributed by atoms with Crippen LogP contribution in [0.3, 0.4) is 0 Å². The molecule has 2 heterocycles. The number of amides is 1. The molecular formula is C18H17FN4O2. The second-order valence-corrected chi connectivity index (χ2v) is 5.51. The van der Waals surface area contributed by atoms with Gasteiger partial charge in [0.05, 0.1) is 11.3 Å². The van der Waals surface area contributed by atoms with E-state index in [-0.39, 0.29) is 11.7 Å². The van der Waals surface area contributed by atoms with Crippen molar-refractivity contribution in [2.24, 2.45) is 0 Å². The summed E-state index contributed by atoms with van der Waals surface area (Å²) >= 11 is 0. The van der Waals surface area contributed by atoms with E-state index >= 15 is 0 Å². The fourth-order valence-electron chi connectivity index (χ4n) is 2.32. The summed E-state index contributed by atoms with van der Waals surface area (Å²) in [5, 5.41) is 9.49. The van der Waals surface area contributed by atoms with E-state index in [0.29, 0.717) is 41.4 Å². The van der Waals surface area contributed by atoms with Gasteiger partial charge in [-0.25, -0.2) is 4.39 Å². The number of anilines is 2. The average molecular weight is 340 g/mol. The topological polar surface area (TPSA) is 80.0 Å². The first-order chi connectivity index (χ1) is 12.1. The minimum atomic E-state index is -0.335. The summed E-state index contributed by atoms with van der Waals surface area (Å²) in [6.07, 6.45) is 3.60. The van der Waals surface area contributed by atoms with Crippen molar-refractivity contribution in [2.45, 2.75) is 13.3 Å². The van der Waals surface area contributed by atoms with Crippen molar-refractivity contribution in [3.63, 3.8) is 0 Å². The van der Waals surface area contributed by atoms with Gasteiger partial charge >= 0.3 is 0 Å². The number of aromatic nitrogens is 2. The number of aryl methyl sites for hydroxylation is 1. The van der Waals surface area contributed by atoms with Gasteiger partial charge in [-0.2, -0.15) is 0 Å². The van der Waals surface area contributed by atoms with Crippen molar-refractivity contribution >= 4 is 17.4 Å². The maximum atomic E-state index is 13.6. The monoisotopic (exact) mass is 340 g/mol. The Labute approximate surface area is 144 Å². The lowest BCUT2D eigenvalue weighted by atomic mass is 10.1. The van der Waals surface area contributed by atoms with E-state index < -0.39 is 0 Å². The van der Waals surface area contributed by atoms with Crippen molar-refractivity contribution in [3.8, 4) is 0 Å². The highest BCUT2D eigenvalue weighted by molar-refractivity contribution is 6.04. The molecule has 0 aliphatic carbocycles. The molecule has 3 rings (SSSR count). The Morgan fingerprint density at radius 1 is 1.24 bits per heavy atom. The zero-order chi connectivity index (χ0) is 17.6. The number of carbonyl (C=O) groups excluding carboxylic acids is 1. The summed E-state index contributed by atoms with van der Waals surface area (Å²) in [5.74, 6) is 0.398. The largest absolute Gasteiger partial charge is 0.383 e. The van der Waals surface area contributed by atoms with E-state index in [9.17, 15) is 9.18 Å². The van der Waals surface area contributed by atoms with Crippen LogP contribution in [0.5, 0.6) is 0 Å². The molecule has 3 aromatic rings. The molecule has 0 aliphatic rings. The quantitative estimate of drug-likeness (QED) is 0.719. The third-order valence-corrected chi connectivity index (χ3v) is 3.55. The second-order valence-electron chi connectivity index (χ2n) is 5.51. The summed E-state index contributed by atoms with van der Waals surface area (Å²) < 4.78 is 18.5. The molecule has 0 saturated heterocycles. The molecule has 0 radical (unpaired) electrons. The summed E-state index contributed by atoms with van der Waals surface area (Å²) in [4.78, 5) is 16.3. The highest BCUT2D eigenvalue weighted by atomic mass is 19.1. The summed E-state index contributed by atoms with van der Waals surface area (Å²) in [6, 6.07) is 9.95. The predicted molar refractivity (Wildman–Crippen MR) is 92.0 cm³/mol. The molecule has 0 aliphatic heterocycles. The van der Waals surface area contributed by atoms with Crippen molar-refractivity contribution in [1.29, 1.82) is 0 Å². The second kappa shape index (κ2) is 7.57. The average Bonchev–Trinajstić information content (AvgIpc) is 3.02. The molecule has 2 aromatic heterocycles. The van der Waals surface area contributed by atoms with Crippen LogP contribution < -0.4 is 10.6 Å². The Morgan fingerprint density at radius 2 is 2.08 bits per heavy atom. The lowest BCUT2D eigenvalue weighted by molar-refractivity contribution is 0.102. The molecule has 6 nitrogen and oxygen atoms in total. The number of nitrogens with zero attached hydrogens (tertiary/aromatic N) is 2. The highest BCUT2D eigenvalue weighted by Crippen LogP contribution is 2.13. The van der Waals surface area contributed by atoms with Crippen molar-refractivity contribution in [3.05, 3.63) is 71.5 Å². The van der Waals surface area contributed by atoms with E-state index in [1.807, 2.05) is 0 Å². The third-order valence-electron chi connectivity index (χ3n) is 3.55.